The predicted molar refractivity (Wildman–Crippen MR) is 97.4 cm³/mol. The third-order valence-corrected chi connectivity index (χ3v) is 5.23. The van der Waals surface area contributed by atoms with Crippen LogP contribution >= 0.6 is 11.3 Å². The molecule has 1 unspecified atom stereocenters. The first kappa shape index (κ1) is 16.4. The van der Waals surface area contributed by atoms with Crippen molar-refractivity contribution in [2.24, 2.45) is 0 Å². The van der Waals surface area contributed by atoms with Crippen LogP contribution in [0.3, 0.4) is 0 Å². The highest BCUT2D eigenvalue weighted by Gasteiger charge is 2.25. The van der Waals surface area contributed by atoms with Gasteiger partial charge in [-0.2, -0.15) is 5.10 Å². The van der Waals surface area contributed by atoms with Crippen molar-refractivity contribution in [2.75, 3.05) is 0 Å². The number of hydrogen-bond acceptors (Lipinski definition) is 5. The zero-order valence-corrected chi connectivity index (χ0v) is 14.6. The second kappa shape index (κ2) is 7.05. The molecule has 4 rings (SSSR count). The molecule has 0 saturated heterocycles. The van der Waals surface area contributed by atoms with Gasteiger partial charge in [0.1, 0.15) is 35.4 Å². The van der Waals surface area contributed by atoms with E-state index in [0.29, 0.717) is 10.6 Å². The van der Waals surface area contributed by atoms with Gasteiger partial charge in [-0.05, 0) is 36.6 Å². The molecule has 0 spiro atoms. The maximum atomic E-state index is 11.1. The maximum absolute atomic E-state index is 11.1. The van der Waals surface area contributed by atoms with Crippen molar-refractivity contribution in [1.82, 2.24) is 9.78 Å². The molecular formula is C19H16N2O4S. The molecule has 2 aromatic rings. The van der Waals surface area contributed by atoms with Crippen LogP contribution in [0.15, 0.2) is 72.7 Å². The number of hydrogen-bond donors (Lipinski definition) is 1. The molecule has 1 aliphatic heterocycles. The lowest BCUT2D eigenvalue weighted by Crippen LogP contribution is -2.18. The summed E-state index contributed by atoms with van der Waals surface area (Å²) in [5, 5.41) is 13.8. The van der Waals surface area contributed by atoms with E-state index in [1.165, 1.54) is 29.4 Å². The molecule has 0 bridgehead atoms. The number of nitrogens with zero attached hydrogens (tertiary/aromatic N) is 2. The first-order valence-electron chi connectivity index (χ1n) is 8.14. The van der Waals surface area contributed by atoms with Crippen molar-refractivity contribution in [3.8, 4) is 10.6 Å². The third-order valence-electron chi connectivity index (χ3n) is 4.13. The molecule has 0 fully saturated rings. The Morgan fingerprint density at radius 1 is 1.31 bits per heavy atom. The molecule has 6 nitrogen and oxygen atoms in total. The molecular weight excluding hydrogens is 352 g/mol. The lowest BCUT2D eigenvalue weighted by molar-refractivity contribution is 0.0702. The lowest BCUT2D eigenvalue weighted by Gasteiger charge is -2.24. The summed E-state index contributed by atoms with van der Waals surface area (Å²) in [6.45, 7) is 0. The Hall–Kier alpha value is -3.06. The number of ether oxygens (including phenoxy) is 2. The van der Waals surface area contributed by atoms with E-state index >= 15 is 0 Å². The zero-order chi connectivity index (χ0) is 17.9. The summed E-state index contributed by atoms with van der Waals surface area (Å²) in [6.07, 6.45) is 14.5. The highest BCUT2D eigenvalue weighted by atomic mass is 32.1. The molecule has 1 atom stereocenters. The van der Waals surface area contributed by atoms with Gasteiger partial charge in [0.25, 0.3) is 0 Å². The molecule has 3 heterocycles. The van der Waals surface area contributed by atoms with E-state index in [9.17, 15) is 4.79 Å². The van der Waals surface area contributed by atoms with E-state index in [2.05, 4.69) is 17.3 Å². The summed E-state index contributed by atoms with van der Waals surface area (Å²) in [5.41, 5.74) is 1.90. The van der Waals surface area contributed by atoms with Gasteiger partial charge in [0.2, 0.25) is 0 Å². The maximum Gasteiger partial charge on any atom is 0.345 e. The minimum absolute atomic E-state index is 0.211. The highest BCUT2D eigenvalue weighted by molar-refractivity contribution is 7.17. The number of aromatic carboxylic acids is 1. The fourth-order valence-electron chi connectivity index (χ4n) is 2.94. The van der Waals surface area contributed by atoms with Crippen LogP contribution in [-0.2, 0) is 9.47 Å². The average Bonchev–Trinajstić information content (AvgIpc) is 3.33. The monoisotopic (exact) mass is 368 g/mol. The minimum Gasteiger partial charge on any atom is -0.477 e. The van der Waals surface area contributed by atoms with Crippen LogP contribution in [0.2, 0.25) is 0 Å². The van der Waals surface area contributed by atoms with Crippen LogP contribution in [0.5, 0.6) is 0 Å². The second-order valence-electron chi connectivity index (χ2n) is 5.81. The Morgan fingerprint density at radius 2 is 2.23 bits per heavy atom. The zero-order valence-electron chi connectivity index (χ0n) is 13.7. The van der Waals surface area contributed by atoms with Gasteiger partial charge >= 0.3 is 5.97 Å². The van der Waals surface area contributed by atoms with Crippen molar-refractivity contribution >= 4 is 17.3 Å². The lowest BCUT2D eigenvalue weighted by atomic mass is 9.96. The van der Waals surface area contributed by atoms with Gasteiger partial charge in [0, 0.05) is 6.20 Å². The first-order chi connectivity index (χ1) is 12.7. The van der Waals surface area contributed by atoms with Crippen molar-refractivity contribution in [2.45, 2.75) is 18.9 Å². The van der Waals surface area contributed by atoms with Crippen molar-refractivity contribution < 1.29 is 19.4 Å². The predicted octanol–water partition coefficient (Wildman–Crippen LogP) is 4.49. The topological polar surface area (TPSA) is 73.6 Å². The number of aromatic nitrogens is 2. The summed E-state index contributed by atoms with van der Waals surface area (Å²) < 4.78 is 12.8. The molecule has 132 valence electrons. The Bertz CT molecular complexity index is 948. The average molecular weight is 368 g/mol. The molecule has 2 aliphatic rings. The molecule has 0 amide bonds. The standard InChI is InChI=1S/C19H16N2O4S/c22-19(23)17-7-6-16(26-17)14-8-9-21(20-14)18(13-4-2-1-3-5-13)15-12-24-10-11-25-15/h1-2,4,6-12,18H,3,5H2,(H,22,23). The quantitative estimate of drug-likeness (QED) is 0.842. The van der Waals surface area contributed by atoms with Gasteiger partial charge < -0.3 is 14.6 Å². The van der Waals surface area contributed by atoms with Crippen LogP contribution in [0.25, 0.3) is 10.6 Å². The summed E-state index contributed by atoms with van der Waals surface area (Å²) in [6, 6.07) is 5.04. The highest BCUT2D eigenvalue weighted by Crippen LogP contribution is 2.34. The first-order valence-corrected chi connectivity index (χ1v) is 8.95. The van der Waals surface area contributed by atoms with E-state index in [4.69, 9.17) is 14.6 Å². The van der Waals surface area contributed by atoms with E-state index in [-0.39, 0.29) is 6.04 Å². The Balaban J connectivity index is 1.69. The molecule has 7 heteroatoms. The summed E-state index contributed by atoms with van der Waals surface area (Å²) in [5.74, 6) is -0.275. The van der Waals surface area contributed by atoms with Crippen molar-refractivity contribution in [1.29, 1.82) is 0 Å². The van der Waals surface area contributed by atoms with Gasteiger partial charge in [0.15, 0.2) is 5.76 Å². The van der Waals surface area contributed by atoms with Gasteiger partial charge in [-0.3, -0.25) is 4.68 Å². The Morgan fingerprint density at radius 3 is 2.92 bits per heavy atom. The smallest absolute Gasteiger partial charge is 0.345 e. The molecule has 1 N–H and O–H groups in total. The summed E-state index contributed by atoms with van der Waals surface area (Å²) in [7, 11) is 0. The number of carboxylic acid groups (broad SMARTS) is 1. The fraction of sp³-hybridized carbons (Fsp3) is 0.158. The number of carbonyl (C=O) groups is 1. The number of carboxylic acids is 1. The van der Waals surface area contributed by atoms with Gasteiger partial charge in [-0.25, -0.2) is 4.79 Å². The number of allylic oxidation sites excluding steroid dienone is 4. The number of rotatable bonds is 5. The SMILES string of the molecule is O=C(O)c1ccc(-c2ccn(C(C3=CC=CCC3)C3=COC=CO3)n2)s1. The van der Waals surface area contributed by atoms with Crippen LogP contribution in [0.1, 0.15) is 28.6 Å². The Kier molecular flexibility index (Phi) is 4.45. The molecule has 0 saturated carbocycles. The molecule has 2 aromatic heterocycles. The minimum atomic E-state index is -0.928. The largest absolute Gasteiger partial charge is 0.477 e. The van der Waals surface area contributed by atoms with Gasteiger partial charge in [-0.15, -0.1) is 11.3 Å². The number of thiophene rings is 1. The van der Waals surface area contributed by atoms with Crippen LogP contribution in [0, 0.1) is 0 Å². The van der Waals surface area contributed by atoms with Crippen molar-refractivity contribution in [3.63, 3.8) is 0 Å². The fourth-order valence-corrected chi connectivity index (χ4v) is 3.75. The van der Waals surface area contributed by atoms with Gasteiger partial charge in [0.05, 0.1) is 4.88 Å². The van der Waals surface area contributed by atoms with E-state index in [0.717, 1.165) is 23.4 Å². The van der Waals surface area contributed by atoms with Crippen LogP contribution < -0.4 is 0 Å². The summed E-state index contributed by atoms with van der Waals surface area (Å²) in [4.78, 5) is 12.2. The molecule has 26 heavy (non-hydrogen) atoms. The van der Waals surface area contributed by atoms with E-state index < -0.39 is 5.97 Å². The summed E-state index contributed by atoms with van der Waals surface area (Å²) >= 11 is 1.21. The molecule has 0 aromatic carbocycles. The normalized spacial score (nSPS) is 17.1. The van der Waals surface area contributed by atoms with E-state index in [1.807, 2.05) is 23.0 Å². The van der Waals surface area contributed by atoms with E-state index in [1.54, 1.807) is 18.4 Å². The van der Waals surface area contributed by atoms with Crippen LogP contribution in [0.4, 0.5) is 0 Å². The van der Waals surface area contributed by atoms with Crippen molar-refractivity contribution in [3.05, 3.63) is 77.6 Å². The van der Waals surface area contributed by atoms with Crippen LogP contribution in [-0.4, -0.2) is 20.9 Å². The second-order valence-corrected chi connectivity index (χ2v) is 6.89. The Labute approximate surface area is 154 Å². The molecule has 0 radical (unpaired) electrons. The third kappa shape index (κ3) is 3.21. The molecule has 1 aliphatic carbocycles. The van der Waals surface area contributed by atoms with Gasteiger partial charge in [-0.1, -0.05) is 18.2 Å².